The van der Waals surface area contributed by atoms with Gasteiger partial charge in [-0.05, 0) is 37.6 Å². The maximum atomic E-state index is 5.91. The Balaban J connectivity index is 2.96. The standard InChI is InChI=1S/C10H14ClN/c1-4-12(3)9-5-6-10(11)8(2)7-9/h5-7H,4H2,1-3H3. The van der Waals surface area contributed by atoms with Crippen LogP contribution in [-0.4, -0.2) is 13.6 Å². The van der Waals surface area contributed by atoms with Crippen LogP contribution in [0, 0.1) is 6.92 Å². The lowest BCUT2D eigenvalue weighted by molar-refractivity contribution is 0.967. The van der Waals surface area contributed by atoms with E-state index in [9.17, 15) is 0 Å². The molecule has 1 aromatic carbocycles. The highest BCUT2D eigenvalue weighted by atomic mass is 35.5. The molecular formula is C10H14ClN. The maximum Gasteiger partial charge on any atom is 0.0436 e. The SMILES string of the molecule is CCN(C)c1ccc(Cl)c(C)c1. The smallest absolute Gasteiger partial charge is 0.0436 e. The van der Waals surface area contributed by atoms with Crippen LogP contribution in [0.4, 0.5) is 5.69 Å². The number of rotatable bonds is 2. The third-order valence-corrected chi connectivity index (χ3v) is 2.48. The number of aryl methyl sites for hydroxylation is 1. The van der Waals surface area contributed by atoms with E-state index in [1.54, 1.807) is 0 Å². The molecule has 0 atom stereocenters. The zero-order valence-corrected chi connectivity index (χ0v) is 8.52. The molecule has 0 amide bonds. The molecule has 1 aromatic rings. The van der Waals surface area contributed by atoms with Crippen molar-refractivity contribution in [2.75, 3.05) is 18.5 Å². The molecule has 2 heteroatoms. The van der Waals surface area contributed by atoms with Crippen molar-refractivity contribution < 1.29 is 0 Å². The molecule has 0 radical (unpaired) electrons. The van der Waals surface area contributed by atoms with Gasteiger partial charge in [-0.1, -0.05) is 11.6 Å². The molecular weight excluding hydrogens is 170 g/mol. The maximum absolute atomic E-state index is 5.91. The third kappa shape index (κ3) is 1.92. The van der Waals surface area contributed by atoms with Gasteiger partial charge in [0.1, 0.15) is 0 Å². The second-order valence-corrected chi connectivity index (χ2v) is 3.35. The van der Waals surface area contributed by atoms with Crippen LogP contribution in [0.3, 0.4) is 0 Å². The predicted octanol–water partition coefficient (Wildman–Crippen LogP) is 3.10. The first-order chi connectivity index (χ1) is 5.65. The van der Waals surface area contributed by atoms with E-state index in [0.717, 1.165) is 17.1 Å². The molecule has 0 saturated carbocycles. The number of anilines is 1. The van der Waals surface area contributed by atoms with Gasteiger partial charge in [-0.25, -0.2) is 0 Å². The zero-order valence-electron chi connectivity index (χ0n) is 7.76. The van der Waals surface area contributed by atoms with Gasteiger partial charge in [0.25, 0.3) is 0 Å². The van der Waals surface area contributed by atoms with Gasteiger partial charge in [-0.2, -0.15) is 0 Å². The van der Waals surface area contributed by atoms with Gasteiger partial charge in [0.05, 0.1) is 0 Å². The van der Waals surface area contributed by atoms with Crippen LogP contribution < -0.4 is 4.90 Å². The van der Waals surface area contributed by atoms with Gasteiger partial charge in [-0.15, -0.1) is 0 Å². The molecule has 66 valence electrons. The molecule has 0 aliphatic rings. The first-order valence-corrected chi connectivity index (χ1v) is 4.50. The lowest BCUT2D eigenvalue weighted by Gasteiger charge is -2.17. The summed E-state index contributed by atoms with van der Waals surface area (Å²) in [6.45, 7) is 5.17. The summed E-state index contributed by atoms with van der Waals surface area (Å²) in [7, 11) is 2.07. The number of hydrogen-bond donors (Lipinski definition) is 0. The van der Waals surface area contributed by atoms with Crippen LogP contribution in [0.1, 0.15) is 12.5 Å². The first kappa shape index (κ1) is 9.40. The molecule has 0 heterocycles. The molecule has 0 fully saturated rings. The van der Waals surface area contributed by atoms with Gasteiger partial charge in [-0.3, -0.25) is 0 Å². The number of benzene rings is 1. The molecule has 0 spiro atoms. The Morgan fingerprint density at radius 3 is 2.58 bits per heavy atom. The van der Waals surface area contributed by atoms with E-state index < -0.39 is 0 Å². The Kier molecular flexibility index (Phi) is 2.99. The Morgan fingerprint density at radius 1 is 1.42 bits per heavy atom. The van der Waals surface area contributed by atoms with Crippen molar-refractivity contribution in [3.05, 3.63) is 28.8 Å². The number of nitrogens with zero attached hydrogens (tertiary/aromatic N) is 1. The van der Waals surface area contributed by atoms with E-state index in [2.05, 4.69) is 24.9 Å². The largest absolute Gasteiger partial charge is 0.375 e. The molecule has 12 heavy (non-hydrogen) atoms. The third-order valence-electron chi connectivity index (χ3n) is 2.06. The summed E-state index contributed by atoms with van der Waals surface area (Å²) in [5, 5.41) is 0.836. The highest BCUT2D eigenvalue weighted by molar-refractivity contribution is 6.31. The summed E-state index contributed by atoms with van der Waals surface area (Å²) in [6, 6.07) is 6.09. The predicted molar refractivity (Wildman–Crippen MR) is 55.1 cm³/mol. The number of hydrogen-bond acceptors (Lipinski definition) is 1. The number of halogens is 1. The van der Waals surface area contributed by atoms with Gasteiger partial charge >= 0.3 is 0 Å². The summed E-state index contributed by atoms with van der Waals surface area (Å²) >= 11 is 5.91. The fraction of sp³-hybridized carbons (Fsp3) is 0.400. The Bertz CT molecular complexity index is 271. The molecule has 0 aromatic heterocycles. The second kappa shape index (κ2) is 3.81. The van der Waals surface area contributed by atoms with Crippen molar-refractivity contribution in [3.63, 3.8) is 0 Å². The average molecular weight is 184 g/mol. The molecule has 1 rings (SSSR count). The van der Waals surface area contributed by atoms with Crippen molar-refractivity contribution in [3.8, 4) is 0 Å². The normalized spacial score (nSPS) is 10.0. The van der Waals surface area contributed by atoms with Crippen LogP contribution in [0.25, 0.3) is 0 Å². The van der Waals surface area contributed by atoms with Crippen LogP contribution in [0.2, 0.25) is 5.02 Å². The van der Waals surface area contributed by atoms with Gasteiger partial charge < -0.3 is 4.90 Å². The van der Waals surface area contributed by atoms with E-state index in [1.807, 2.05) is 19.1 Å². The van der Waals surface area contributed by atoms with E-state index in [1.165, 1.54) is 5.69 Å². The Hall–Kier alpha value is -0.690. The molecule has 0 N–H and O–H groups in total. The minimum absolute atomic E-state index is 0.836. The molecule has 0 unspecified atom stereocenters. The summed E-state index contributed by atoms with van der Waals surface area (Å²) in [5.41, 5.74) is 2.36. The van der Waals surface area contributed by atoms with E-state index >= 15 is 0 Å². The molecule has 0 aliphatic heterocycles. The summed E-state index contributed by atoms with van der Waals surface area (Å²) in [5.74, 6) is 0. The summed E-state index contributed by atoms with van der Waals surface area (Å²) < 4.78 is 0. The van der Waals surface area contributed by atoms with Gasteiger partial charge in [0.15, 0.2) is 0 Å². The Morgan fingerprint density at radius 2 is 2.08 bits per heavy atom. The highest BCUT2D eigenvalue weighted by Gasteiger charge is 1.99. The quantitative estimate of drug-likeness (QED) is 0.681. The monoisotopic (exact) mass is 183 g/mol. The van der Waals surface area contributed by atoms with E-state index in [-0.39, 0.29) is 0 Å². The van der Waals surface area contributed by atoms with E-state index in [0.29, 0.717) is 0 Å². The van der Waals surface area contributed by atoms with E-state index in [4.69, 9.17) is 11.6 Å². The summed E-state index contributed by atoms with van der Waals surface area (Å²) in [6.07, 6.45) is 0. The van der Waals surface area contributed by atoms with Crippen molar-refractivity contribution in [1.82, 2.24) is 0 Å². The average Bonchev–Trinajstić information content (AvgIpc) is 2.08. The molecule has 1 nitrogen and oxygen atoms in total. The second-order valence-electron chi connectivity index (χ2n) is 2.95. The lowest BCUT2D eigenvalue weighted by atomic mass is 10.2. The fourth-order valence-electron chi connectivity index (χ4n) is 1.05. The molecule has 0 aliphatic carbocycles. The first-order valence-electron chi connectivity index (χ1n) is 4.12. The Labute approximate surface area is 79.0 Å². The summed E-state index contributed by atoms with van der Waals surface area (Å²) in [4.78, 5) is 2.18. The van der Waals surface area contributed by atoms with Gasteiger partial charge in [0.2, 0.25) is 0 Å². The van der Waals surface area contributed by atoms with Crippen LogP contribution in [0.15, 0.2) is 18.2 Å². The minimum Gasteiger partial charge on any atom is -0.375 e. The fourth-order valence-corrected chi connectivity index (χ4v) is 1.17. The van der Waals surface area contributed by atoms with Crippen molar-refractivity contribution >= 4 is 17.3 Å². The van der Waals surface area contributed by atoms with Crippen molar-refractivity contribution in [2.45, 2.75) is 13.8 Å². The zero-order chi connectivity index (χ0) is 9.14. The molecule has 0 bridgehead atoms. The van der Waals surface area contributed by atoms with Gasteiger partial charge in [0, 0.05) is 24.3 Å². The topological polar surface area (TPSA) is 3.24 Å². The van der Waals surface area contributed by atoms with Crippen LogP contribution in [-0.2, 0) is 0 Å². The minimum atomic E-state index is 0.836. The van der Waals surface area contributed by atoms with Crippen LogP contribution >= 0.6 is 11.6 Å². The van der Waals surface area contributed by atoms with Crippen molar-refractivity contribution in [2.24, 2.45) is 0 Å². The highest BCUT2D eigenvalue weighted by Crippen LogP contribution is 2.21. The lowest BCUT2D eigenvalue weighted by Crippen LogP contribution is -2.15. The van der Waals surface area contributed by atoms with Crippen molar-refractivity contribution in [1.29, 1.82) is 0 Å². The molecule has 0 saturated heterocycles. The van der Waals surface area contributed by atoms with Crippen LogP contribution in [0.5, 0.6) is 0 Å².